The average molecular weight is 540 g/mol. The molecule has 9 heteroatoms. The van der Waals surface area contributed by atoms with Gasteiger partial charge in [-0.15, -0.1) is 0 Å². The summed E-state index contributed by atoms with van der Waals surface area (Å²) >= 11 is 3.31. The van der Waals surface area contributed by atoms with Gasteiger partial charge in [0.2, 0.25) is 0 Å². The van der Waals surface area contributed by atoms with Gasteiger partial charge in [-0.25, -0.2) is 0 Å². The van der Waals surface area contributed by atoms with Gasteiger partial charge in [0.05, 0.1) is 36.0 Å². The molecule has 2 aliphatic rings. The minimum atomic E-state index is -0.950. The minimum absolute atomic E-state index is 0.00930. The molecule has 1 fully saturated rings. The zero-order valence-electron chi connectivity index (χ0n) is 18.9. The van der Waals surface area contributed by atoms with Crippen LogP contribution < -0.4 is 9.47 Å². The Labute approximate surface area is 209 Å². The molecule has 0 aliphatic carbocycles. The number of amides is 1. The number of furan rings is 1. The lowest BCUT2D eigenvalue weighted by atomic mass is 9.94. The van der Waals surface area contributed by atoms with Crippen molar-refractivity contribution in [3.8, 4) is 17.2 Å². The van der Waals surface area contributed by atoms with E-state index in [-0.39, 0.29) is 35.5 Å². The molecule has 1 amide bonds. The topological polar surface area (TPSA) is 109 Å². The molecule has 0 unspecified atom stereocenters. The summed E-state index contributed by atoms with van der Waals surface area (Å²) in [7, 11) is 1.40. The van der Waals surface area contributed by atoms with Crippen LogP contribution in [-0.4, -0.2) is 40.0 Å². The molecule has 2 N–H and O–H groups in total. The Hall–Kier alpha value is -3.72. The first-order valence-electron chi connectivity index (χ1n) is 11.0. The number of carbonyl (C=O) groups excluding carboxylic acids is 2. The molecule has 0 radical (unpaired) electrons. The number of methoxy groups -OCH3 is 1. The number of phenols is 1. The third-order valence-electron chi connectivity index (χ3n) is 6.20. The predicted molar refractivity (Wildman–Crippen MR) is 129 cm³/mol. The van der Waals surface area contributed by atoms with E-state index < -0.39 is 17.7 Å². The fourth-order valence-electron chi connectivity index (χ4n) is 4.59. The summed E-state index contributed by atoms with van der Waals surface area (Å²) in [5.74, 6) is -0.627. The van der Waals surface area contributed by atoms with Gasteiger partial charge in [-0.1, -0.05) is 0 Å². The van der Waals surface area contributed by atoms with E-state index in [0.29, 0.717) is 27.8 Å². The lowest BCUT2D eigenvalue weighted by Crippen LogP contribution is -2.29. The zero-order chi connectivity index (χ0) is 24.9. The molecule has 2 aromatic carbocycles. The second-order valence-electron chi connectivity index (χ2n) is 8.52. The molecule has 8 nitrogen and oxygen atoms in total. The van der Waals surface area contributed by atoms with E-state index >= 15 is 0 Å². The van der Waals surface area contributed by atoms with Crippen LogP contribution in [0.25, 0.3) is 5.76 Å². The molecule has 35 heavy (non-hydrogen) atoms. The lowest BCUT2D eigenvalue weighted by Gasteiger charge is -2.25. The number of hydrogen-bond acceptors (Lipinski definition) is 7. The van der Waals surface area contributed by atoms with E-state index in [9.17, 15) is 19.8 Å². The maximum Gasteiger partial charge on any atom is 0.296 e. The van der Waals surface area contributed by atoms with E-state index in [1.54, 1.807) is 36.4 Å². The Bertz CT molecular complexity index is 1360. The molecule has 2 aliphatic heterocycles. The summed E-state index contributed by atoms with van der Waals surface area (Å²) in [4.78, 5) is 27.8. The highest BCUT2D eigenvalue weighted by atomic mass is 79.9. The van der Waals surface area contributed by atoms with Crippen molar-refractivity contribution in [2.24, 2.45) is 0 Å². The monoisotopic (exact) mass is 539 g/mol. The lowest BCUT2D eigenvalue weighted by molar-refractivity contribution is -0.140. The maximum atomic E-state index is 13.3. The van der Waals surface area contributed by atoms with Crippen LogP contribution in [0.4, 0.5) is 0 Å². The number of nitrogens with zero attached hydrogens (tertiary/aromatic N) is 1. The van der Waals surface area contributed by atoms with Gasteiger partial charge in [0.15, 0.2) is 11.5 Å². The van der Waals surface area contributed by atoms with Crippen molar-refractivity contribution in [3.05, 3.63) is 81.2 Å². The number of aromatic hydroxyl groups is 1. The largest absolute Gasteiger partial charge is 0.507 e. The molecule has 1 aromatic heterocycles. The third kappa shape index (κ3) is 3.95. The van der Waals surface area contributed by atoms with Gasteiger partial charge in [-0.2, -0.15) is 0 Å². The minimum Gasteiger partial charge on any atom is -0.507 e. The molecule has 0 spiro atoms. The number of halogens is 1. The number of carbonyl (C=O) groups is 2. The number of rotatable bonds is 5. The van der Waals surface area contributed by atoms with Crippen molar-refractivity contribution in [1.82, 2.24) is 4.90 Å². The number of benzene rings is 2. The van der Waals surface area contributed by atoms with E-state index in [2.05, 4.69) is 15.9 Å². The van der Waals surface area contributed by atoms with Gasteiger partial charge in [0.25, 0.3) is 11.7 Å². The fourth-order valence-corrected chi connectivity index (χ4v) is 5.05. The Morgan fingerprint density at radius 3 is 2.74 bits per heavy atom. The van der Waals surface area contributed by atoms with Crippen LogP contribution in [0, 0.1) is 0 Å². The van der Waals surface area contributed by atoms with Crippen molar-refractivity contribution < 1.29 is 33.7 Å². The molecule has 3 aromatic rings. The summed E-state index contributed by atoms with van der Waals surface area (Å²) in [6.45, 7) is 1.96. The number of fused-ring (bicyclic) bond motifs is 1. The molecule has 1 saturated heterocycles. The Morgan fingerprint density at radius 2 is 2.03 bits per heavy atom. The number of ketones is 1. The standard InChI is InChI=1S/C26H22BrNO7/c1-13-8-15-9-14(5-6-19(15)35-13)23(29)21-22(16-10-18(27)24(30)20(11-16)33-2)28(26(32)25(21)31)12-17-4-3-7-34-17/h3-7,9-11,13,22,29-30H,8,12H2,1-2H3/t13-,22+/m0/s1. The molecule has 180 valence electrons. The number of likely N-dealkylation sites (tertiary alicyclic amines) is 1. The number of aliphatic hydroxyl groups excluding tert-OH is 1. The van der Waals surface area contributed by atoms with Crippen LogP contribution >= 0.6 is 15.9 Å². The van der Waals surface area contributed by atoms with Crippen LogP contribution in [0.15, 0.2) is 63.2 Å². The van der Waals surface area contributed by atoms with E-state index in [4.69, 9.17) is 13.9 Å². The van der Waals surface area contributed by atoms with Crippen molar-refractivity contribution in [2.45, 2.75) is 32.0 Å². The van der Waals surface area contributed by atoms with E-state index in [1.807, 2.05) is 6.92 Å². The Balaban J connectivity index is 1.68. The fraction of sp³-hybridized carbons (Fsp3) is 0.231. The molecular weight excluding hydrogens is 518 g/mol. The maximum absolute atomic E-state index is 13.3. The first kappa shape index (κ1) is 23.0. The molecule has 2 atom stereocenters. The molecule has 5 rings (SSSR count). The highest BCUT2D eigenvalue weighted by Crippen LogP contribution is 2.45. The first-order valence-corrected chi connectivity index (χ1v) is 11.7. The van der Waals surface area contributed by atoms with Crippen LogP contribution in [0.3, 0.4) is 0 Å². The molecule has 3 heterocycles. The van der Waals surface area contributed by atoms with Crippen molar-refractivity contribution in [1.29, 1.82) is 0 Å². The van der Waals surface area contributed by atoms with Gasteiger partial charge in [0, 0.05) is 12.0 Å². The van der Waals surface area contributed by atoms with Gasteiger partial charge < -0.3 is 29.0 Å². The van der Waals surface area contributed by atoms with Gasteiger partial charge in [-0.05, 0) is 76.4 Å². The Kier molecular flexibility index (Phi) is 5.80. The summed E-state index contributed by atoms with van der Waals surface area (Å²) in [6, 6.07) is 10.8. The molecular formula is C26H22BrNO7. The summed E-state index contributed by atoms with van der Waals surface area (Å²) in [6.07, 6.45) is 2.17. The van der Waals surface area contributed by atoms with E-state index in [0.717, 1.165) is 11.3 Å². The SMILES string of the molecule is COc1cc([C@@H]2C(=C(O)c3ccc4c(c3)C[C@H](C)O4)C(=O)C(=O)N2Cc2ccco2)cc(Br)c1O. The van der Waals surface area contributed by atoms with Crippen molar-refractivity contribution >= 4 is 33.4 Å². The van der Waals surface area contributed by atoms with Crippen molar-refractivity contribution in [3.63, 3.8) is 0 Å². The van der Waals surface area contributed by atoms with Gasteiger partial charge >= 0.3 is 0 Å². The molecule has 0 bridgehead atoms. The Morgan fingerprint density at radius 1 is 1.23 bits per heavy atom. The van der Waals surface area contributed by atoms with Crippen molar-refractivity contribution in [2.75, 3.05) is 7.11 Å². The second-order valence-corrected chi connectivity index (χ2v) is 9.37. The number of phenolic OH excluding ortho intramolecular Hbond substituents is 1. The predicted octanol–water partition coefficient (Wildman–Crippen LogP) is 4.70. The number of aliphatic hydroxyl groups is 1. The van der Waals surface area contributed by atoms with Gasteiger partial charge in [-0.3, -0.25) is 9.59 Å². The smallest absolute Gasteiger partial charge is 0.296 e. The molecule has 0 saturated carbocycles. The summed E-state index contributed by atoms with van der Waals surface area (Å²) in [5, 5.41) is 21.7. The number of ether oxygens (including phenoxy) is 2. The van der Waals surface area contributed by atoms with E-state index in [1.165, 1.54) is 24.3 Å². The first-order chi connectivity index (χ1) is 16.8. The van der Waals surface area contributed by atoms with Gasteiger partial charge in [0.1, 0.15) is 23.4 Å². The summed E-state index contributed by atoms with van der Waals surface area (Å²) in [5.41, 5.74) is 1.73. The van der Waals surface area contributed by atoms with Crippen LogP contribution in [0.5, 0.6) is 17.2 Å². The quantitative estimate of drug-likeness (QED) is 0.274. The number of Topliss-reactive ketones (excluding diaryl/α,β-unsaturated/α-hetero) is 1. The highest BCUT2D eigenvalue weighted by molar-refractivity contribution is 9.10. The van der Waals surface area contributed by atoms with Crippen LogP contribution in [-0.2, 0) is 22.6 Å². The van der Waals surface area contributed by atoms with Crippen LogP contribution in [0.2, 0.25) is 0 Å². The second kappa shape index (κ2) is 8.81. The van der Waals surface area contributed by atoms with Crippen LogP contribution in [0.1, 0.15) is 35.4 Å². The zero-order valence-corrected chi connectivity index (χ0v) is 20.5. The highest BCUT2D eigenvalue weighted by Gasteiger charge is 2.47. The average Bonchev–Trinajstić information content (AvgIpc) is 3.54. The summed E-state index contributed by atoms with van der Waals surface area (Å²) < 4.78 is 16.8. The third-order valence-corrected chi connectivity index (χ3v) is 6.81. The number of hydrogen-bond donors (Lipinski definition) is 2. The normalized spacial score (nSPS) is 20.7.